The second-order valence-electron chi connectivity index (χ2n) is 5.10. The molecular weight excluding hydrogens is 226 g/mol. The maximum Gasteiger partial charge on any atom is 0.179 e. The minimum absolute atomic E-state index is 0.496. The number of rotatable bonds is 2. The second-order valence-corrected chi connectivity index (χ2v) is 5.10. The first kappa shape index (κ1) is 11.5. The molecule has 5 heteroatoms. The normalized spacial score (nSPS) is 20.2. The predicted molar refractivity (Wildman–Crippen MR) is 73.1 cm³/mol. The third-order valence-corrected chi connectivity index (χ3v) is 3.49. The Hall–Kier alpha value is -1.62. The summed E-state index contributed by atoms with van der Waals surface area (Å²) in [5, 5.41) is 3.42. The number of pyridine rings is 1. The Morgan fingerprint density at radius 3 is 2.89 bits per heavy atom. The summed E-state index contributed by atoms with van der Waals surface area (Å²) >= 11 is 0. The quantitative estimate of drug-likeness (QED) is 0.841. The van der Waals surface area contributed by atoms with E-state index in [0.29, 0.717) is 5.92 Å². The number of H-pyrrole nitrogens is 1. The second kappa shape index (κ2) is 4.57. The Morgan fingerprint density at radius 1 is 1.28 bits per heavy atom. The van der Waals surface area contributed by atoms with Gasteiger partial charge in [0.15, 0.2) is 5.65 Å². The molecule has 2 aromatic rings. The molecule has 1 atom stereocenters. The van der Waals surface area contributed by atoms with Crippen molar-refractivity contribution in [3.63, 3.8) is 0 Å². The molecule has 2 N–H and O–H groups in total. The summed E-state index contributed by atoms with van der Waals surface area (Å²) in [6.07, 6.45) is 2.42. The fourth-order valence-corrected chi connectivity index (χ4v) is 2.43. The molecule has 3 heterocycles. The molecule has 1 aliphatic rings. The molecule has 3 rings (SSSR count). The number of piperidine rings is 1. The van der Waals surface area contributed by atoms with Crippen molar-refractivity contribution >= 4 is 17.0 Å². The summed E-state index contributed by atoms with van der Waals surface area (Å²) in [4.78, 5) is 14.6. The zero-order valence-electron chi connectivity index (χ0n) is 10.9. The molecule has 1 unspecified atom stereocenters. The van der Waals surface area contributed by atoms with Crippen LogP contribution in [0.2, 0.25) is 0 Å². The Kier molecular flexibility index (Phi) is 2.91. The lowest BCUT2D eigenvalue weighted by molar-refractivity contribution is 0.449. The average Bonchev–Trinajstić information content (AvgIpc) is 2.82. The Labute approximate surface area is 107 Å². The van der Waals surface area contributed by atoms with E-state index in [4.69, 9.17) is 0 Å². The molecule has 96 valence electrons. The van der Waals surface area contributed by atoms with Gasteiger partial charge in [0.2, 0.25) is 0 Å². The molecule has 1 aliphatic heterocycles. The average molecular weight is 245 g/mol. The Bertz CT molecular complexity index is 539. The molecule has 1 fully saturated rings. The minimum atomic E-state index is 0.496. The van der Waals surface area contributed by atoms with Crippen molar-refractivity contribution in [2.75, 3.05) is 32.1 Å². The van der Waals surface area contributed by atoms with E-state index in [0.717, 1.165) is 35.9 Å². The zero-order chi connectivity index (χ0) is 12.5. The fourth-order valence-electron chi connectivity index (χ4n) is 2.43. The highest BCUT2D eigenvalue weighted by Crippen LogP contribution is 2.23. The van der Waals surface area contributed by atoms with Crippen LogP contribution >= 0.6 is 0 Å². The van der Waals surface area contributed by atoms with Gasteiger partial charge in [0.05, 0.1) is 5.52 Å². The van der Waals surface area contributed by atoms with Crippen molar-refractivity contribution in [2.24, 2.45) is 0 Å². The number of imidazole rings is 1. The highest BCUT2D eigenvalue weighted by Gasteiger charge is 2.19. The molecule has 18 heavy (non-hydrogen) atoms. The summed E-state index contributed by atoms with van der Waals surface area (Å²) in [5.41, 5.74) is 1.85. The number of hydrogen-bond acceptors (Lipinski definition) is 4. The third-order valence-electron chi connectivity index (χ3n) is 3.49. The van der Waals surface area contributed by atoms with Crippen molar-refractivity contribution in [3.05, 3.63) is 18.0 Å². The van der Waals surface area contributed by atoms with E-state index in [1.165, 1.54) is 12.8 Å². The highest BCUT2D eigenvalue weighted by atomic mass is 15.2. The smallest absolute Gasteiger partial charge is 0.179 e. The van der Waals surface area contributed by atoms with Crippen LogP contribution in [0.4, 0.5) is 5.82 Å². The standard InChI is InChI=1S/C13H19N5/c1-18(2)11-6-5-10-13(16-11)17-12(15-10)9-4-3-7-14-8-9/h5-6,9,14H,3-4,7-8H2,1-2H3,(H,15,16,17). The van der Waals surface area contributed by atoms with Gasteiger partial charge >= 0.3 is 0 Å². The molecule has 0 spiro atoms. The number of aromatic nitrogens is 3. The van der Waals surface area contributed by atoms with Crippen molar-refractivity contribution < 1.29 is 0 Å². The Morgan fingerprint density at radius 2 is 2.17 bits per heavy atom. The van der Waals surface area contributed by atoms with E-state index < -0.39 is 0 Å². The minimum Gasteiger partial charge on any atom is -0.363 e. The summed E-state index contributed by atoms with van der Waals surface area (Å²) in [7, 11) is 3.99. The van der Waals surface area contributed by atoms with Crippen LogP contribution in [-0.2, 0) is 0 Å². The largest absolute Gasteiger partial charge is 0.363 e. The van der Waals surface area contributed by atoms with Crippen LogP contribution < -0.4 is 10.2 Å². The molecule has 0 aromatic carbocycles. The maximum atomic E-state index is 4.65. The first-order valence-corrected chi connectivity index (χ1v) is 6.49. The van der Waals surface area contributed by atoms with E-state index in [9.17, 15) is 0 Å². The fraction of sp³-hybridized carbons (Fsp3) is 0.538. The van der Waals surface area contributed by atoms with E-state index in [1.807, 2.05) is 25.1 Å². The molecule has 0 radical (unpaired) electrons. The lowest BCUT2D eigenvalue weighted by Crippen LogP contribution is -2.28. The molecule has 5 nitrogen and oxygen atoms in total. The number of anilines is 1. The van der Waals surface area contributed by atoms with Gasteiger partial charge in [-0.25, -0.2) is 9.97 Å². The van der Waals surface area contributed by atoms with Gasteiger partial charge in [0.25, 0.3) is 0 Å². The van der Waals surface area contributed by atoms with Crippen LogP contribution in [0.15, 0.2) is 12.1 Å². The van der Waals surface area contributed by atoms with Gasteiger partial charge < -0.3 is 15.2 Å². The van der Waals surface area contributed by atoms with Gasteiger partial charge in [-0.3, -0.25) is 0 Å². The van der Waals surface area contributed by atoms with E-state index in [2.05, 4.69) is 26.3 Å². The topological polar surface area (TPSA) is 56.8 Å². The number of fused-ring (bicyclic) bond motifs is 1. The van der Waals surface area contributed by atoms with Gasteiger partial charge in [0.1, 0.15) is 11.6 Å². The van der Waals surface area contributed by atoms with Gasteiger partial charge in [-0.1, -0.05) is 0 Å². The molecule has 0 aliphatic carbocycles. The number of aromatic amines is 1. The highest BCUT2D eigenvalue weighted by molar-refractivity contribution is 5.73. The number of nitrogens with one attached hydrogen (secondary N) is 2. The Balaban J connectivity index is 1.94. The van der Waals surface area contributed by atoms with Crippen molar-refractivity contribution in [3.8, 4) is 0 Å². The lowest BCUT2D eigenvalue weighted by atomic mass is 9.99. The lowest BCUT2D eigenvalue weighted by Gasteiger charge is -2.20. The molecule has 0 saturated carbocycles. The zero-order valence-corrected chi connectivity index (χ0v) is 10.9. The molecule has 0 amide bonds. The third kappa shape index (κ3) is 2.06. The number of hydrogen-bond donors (Lipinski definition) is 2. The van der Waals surface area contributed by atoms with Gasteiger partial charge in [-0.2, -0.15) is 0 Å². The van der Waals surface area contributed by atoms with Crippen molar-refractivity contribution in [1.29, 1.82) is 0 Å². The van der Waals surface area contributed by atoms with Crippen LogP contribution in [0.3, 0.4) is 0 Å². The SMILES string of the molecule is CN(C)c1ccc2[nH]c(C3CCCNC3)nc2n1. The van der Waals surface area contributed by atoms with Gasteiger partial charge in [-0.05, 0) is 31.5 Å². The van der Waals surface area contributed by atoms with E-state index >= 15 is 0 Å². The van der Waals surface area contributed by atoms with Crippen molar-refractivity contribution in [1.82, 2.24) is 20.3 Å². The first-order valence-electron chi connectivity index (χ1n) is 6.49. The summed E-state index contributed by atoms with van der Waals surface area (Å²) in [5.74, 6) is 2.51. The van der Waals surface area contributed by atoms with Gasteiger partial charge in [0, 0.05) is 26.6 Å². The summed E-state index contributed by atoms with van der Waals surface area (Å²) in [6.45, 7) is 2.14. The van der Waals surface area contributed by atoms with Crippen LogP contribution in [0, 0.1) is 0 Å². The van der Waals surface area contributed by atoms with Crippen LogP contribution in [-0.4, -0.2) is 42.1 Å². The van der Waals surface area contributed by atoms with E-state index in [-0.39, 0.29) is 0 Å². The summed E-state index contributed by atoms with van der Waals surface area (Å²) < 4.78 is 0. The molecular formula is C13H19N5. The maximum absolute atomic E-state index is 4.65. The van der Waals surface area contributed by atoms with Crippen LogP contribution in [0.1, 0.15) is 24.6 Å². The molecule has 2 aromatic heterocycles. The molecule has 0 bridgehead atoms. The monoisotopic (exact) mass is 245 g/mol. The first-order chi connectivity index (χ1) is 8.74. The number of nitrogens with zero attached hydrogens (tertiary/aromatic N) is 3. The van der Waals surface area contributed by atoms with Crippen LogP contribution in [0.25, 0.3) is 11.2 Å². The van der Waals surface area contributed by atoms with E-state index in [1.54, 1.807) is 0 Å². The van der Waals surface area contributed by atoms with Crippen LogP contribution in [0.5, 0.6) is 0 Å². The predicted octanol–water partition coefficient (Wildman–Crippen LogP) is 1.49. The van der Waals surface area contributed by atoms with Crippen molar-refractivity contribution in [2.45, 2.75) is 18.8 Å². The summed E-state index contributed by atoms with van der Waals surface area (Å²) in [6, 6.07) is 4.08. The molecule has 1 saturated heterocycles. The van der Waals surface area contributed by atoms with Gasteiger partial charge in [-0.15, -0.1) is 0 Å².